The summed E-state index contributed by atoms with van der Waals surface area (Å²) in [6, 6.07) is 3.06. The van der Waals surface area contributed by atoms with E-state index < -0.39 is 11.6 Å². The molecule has 1 aromatic rings. The van der Waals surface area contributed by atoms with E-state index in [1.54, 1.807) is 0 Å². The van der Waals surface area contributed by atoms with Crippen molar-refractivity contribution in [2.75, 3.05) is 13.2 Å². The predicted octanol–water partition coefficient (Wildman–Crippen LogP) is 8.74. The summed E-state index contributed by atoms with van der Waals surface area (Å²) in [4.78, 5) is 0. The number of allylic oxidation sites excluding steroid dienone is 1. The van der Waals surface area contributed by atoms with E-state index in [0.29, 0.717) is 31.0 Å². The molecular weight excluding hydrogens is 430 g/mol. The van der Waals surface area contributed by atoms with Crippen LogP contribution in [0.15, 0.2) is 24.8 Å². The molecule has 0 bridgehead atoms. The van der Waals surface area contributed by atoms with Gasteiger partial charge >= 0.3 is 0 Å². The predicted molar refractivity (Wildman–Crippen MR) is 134 cm³/mol. The fraction of sp³-hybridized carbons (Fsp3) is 0.733. The smallest absolute Gasteiger partial charge is 0.204 e. The van der Waals surface area contributed by atoms with Crippen molar-refractivity contribution >= 4 is 0 Å². The van der Waals surface area contributed by atoms with Gasteiger partial charge < -0.3 is 9.47 Å². The Kier molecular flexibility index (Phi) is 9.31. The number of hydrogen-bond donors (Lipinski definition) is 0. The summed E-state index contributed by atoms with van der Waals surface area (Å²) < 4.78 is 40.7. The van der Waals surface area contributed by atoms with Gasteiger partial charge in [0.1, 0.15) is 0 Å². The molecule has 3 saturated carbocycles. The van der Waals surface area contributed by atoms with E-state index in [1.807, 2.05) is 0 Å². The molecule has 0 heterocycles. The molecule has 0 N–H and O–H groups in total. The first-order chi connectivity index (χ1) is 16.6. The fourth-order valence-electron chi connectivity index (χ4n) is 6.64. The molecule has 3 fully saturated rings. The molecule has 0 radical (unpaired) electrons. The zero-order chi connectivity index (χ0) is 23.9. The molecule has 0 atom stereocenters. The highest BCUT2D eigenvalue weighted by Gasteiger charge is 2.30. The van der Waals surface area contributed by atoms with Crippen LogP contribution in [0.4, 0.5) is 8.78 Å². The summed E-state index contributed by atoms with van der Waals surface area (Å²) in [6.07, 6.45) is 18.0. The zero-order valence-corrected chi connectivity index (χ0v) is 21.1. The van der Waals surface area contributed by atoms with Gasteiger partial charge in [0.2, 0.25) is 11.6 Å². The highest BCUT2D eigenvalue weighted by molar-refractivity contribution is 5.35. The van der Waals surface area contributed by atoms with Crippen LogP contribution in [0.1, 0.15) is 90.4 Å². The van der Waals surface area contributed by atoms with Gasteiger partial charge in [0.15, 0.2) is 11.5 Å². The van der Waals surface area contributed by atoms with Gasteiger partial charge in [-0.05, 0) is 112 Å². The minimum atomic E-state index is -0.918. The lowest BCUT2D eigenvalue weighted by atomic mass is 9.69. The van der Waals surface area contributed by atoms with Gasteiger partial charge in [-0.3, -0.25) is 0 Å². The molecule has 0 unspecified atom stereocenters. The maximum atomic E-state index is 14.7. The summed E-state index contributed by atoms with van der Waals surface area (Å²) in [5, 5.41) is 0. The molecule has 4 rings (SSSR count). The number of hydrogen-bond acceptors (Lipinski definition) is 2. The van der Waals surface area contributed by atoms with Gasteiger partial charge in [0.05, 0.1) is 13.2 Å². The van der Waals surface area contributed by atoms with Gasteiger partial charge in [0.25, 0.3) is 0 Å². The van der Waals surface area contributed by atoms with Crippen molar-refractivity contribution in [1.82, 2.24) is 0 Å². The van der Waals surface area contributed by atoms with E-state index >= 15 is 0 Å². The van der Waals surface area contributed by atoms with Crippen molar-refractivity contribution < 1.29 is 18.3 Å². The van der Waals surface area contributed by atoms with Crippen LogP contribution in [0, 0.1) is 47.1 Å². The van der Waals surface area contributed by atoms with Crippen molar-refractivity contribution in [2.24, 2.45) is 35.5 Å². The highest BCUT2D eigenvalue weighted by atomic mass is 19.2. The van der Waals surface area contributed by atoms with E-state index in [1.165, 1.54) is 69.9 Å². The van der Waals surface area contributed by atoms with Crippen molar-refractivity contribution in [2.45, 2.75) is 90.4 Å². The fourth-order valence-corrected chi connectivity index (χ4v) is 6.64. The molecular formula is C30H44F2O2. The monoisotopic (exact) mass is 474 g/mol. The lowest BCUT2D eigenvalue weighted by Crippen LogP contribution is -2.27. The lowest BCUT2D eigenvalue weighted by Gasteiger charge is -2.37. The summed E-state index contributed by atoms with van der Waals surface area (Å²) in [7, 11) is 0. The van der Waals surface area contributed by atoms with Crippen LogP contribution >= 0.6 is 0 Å². The minimum Gasteiger partial charge on any atom is -0.490 e. The maximum absolute atomic E-state index is 14.7. The number of rotatable bonds is 9. The van der Waals surface area contributed by atoms with E-state index in [4.69, 9.17) is 9.47 Å². The molecule has 0 saturated heterocycles. The summed E-state index contributed by atoms with van der Waals surface area (Å²) in [5.41, 5.74) is 0. The molecule has 1 aromatic carbocycles. The Morgan fingerprint density at radius 1 is 0.706 bits per heavy atom. The first kappa shape index (κ1) is 25.5. The second kappa shape index (κ2) is 12.4. The van der Waals surface area contributed by atoms with Crippen molar-refractivity contribution in [3.05, 3.63) is 36.4 Å². The molecule has 0 aromatic heterocycles. The molecule has 2 nitrogen and oxygen atoms in total. The quantitative estimate of drug-likeness (QED) is 0.333. The Labute approximate surface area is 205 Å². The van der Waals surface area contributed by atoms with Crippen molar-refractivity contribution in [3.8, 4) is 11.5 Å². The van der Waals surface area contributed by atoms with Crippen LogP contribution in [-0.4, -0.2) is 13.2 Å². The van der Waals surface area contributed by atoms with Crippen LogP contribution in [0.25, 0.3) is 0 Å². The largest absolute Gasteiger partial charge is 0.490 e. The molecule has 0 aliphatic heterocycles. The Hall–Kier alpha value is -1.58. The molecule has 3 aliphatic carbocycles. The molecule has 34 heavy (non-hydrogen) atoms. The van der Waals surface area contributed by atoms with E-state index in [-0.39, 0.29) is 11.5 Å². The Morgan fingerprint density at radius 3 is 1.56 bits per heavy atom. The zero-order valence-electron chi connectivity index (χ0n) is 21.1. The second-order valence-electron chi connectivity index (χ2n) is 11.3. The first-order valence-electron chi connectivity index (χ1n) is 13.9. The van der Waals surface area contributed by atoms with Crippen LogP contribution in [0.2, 0.25) is 0 Å². The van der Waals surface area contributed by atoms with Crippen LogP contribution in [-0.2, 0) is 0 Å². The van der Waals surface area contributed by atoms with Crippen molar-refractivity contribution in [3.63, 3.8) is 0 Å². The van der Waals surface area contributed by atoms with Gasteiger partial charge in [-0.15, -0.1) is 6.58 Å². The third kappa shape index (κ3) is 6.55. The Morgan fingerprint density at radius 2 is 1.12 bits per heavy atom. The van der Waals surface area contributed by atoms with Gasteiger partial charge in [-0.1, -0.05) is 32.3 Å². The van der Waals surface area contributed by atoms with E-state index in [2.05, 4.69) is 19.6 Å². The molecule has 0 amide bonds. The van der Waals surface area contributed by atoms with E-state index in [9.17, 15) is 8.78 Å². The first-order valence-corrected chi connectivity index (χ1v) is 13.9. The Bertz CT molecular complexity index is 770. The Balaban J connectivity index is 1.19. The van der Waals surface area contributed by atoms with Crippen LogP contribution in [0.3, 0.4) is 0 Å². The van der Waals surface area contributed by atoms with Gasteiger partial charge in [0, 0.05) is 0 Å². The highest BCUT2D eigenvalue weighted by Crippen LogP contribution is 2.42. The molecule has 3 aliphatic rings. The van der Waals surface area contributed by atoms with Crippen LogP contribution < -0.4 is 9.47 Å². The minimum absolute atomic E-state index is 0.00847. The average Bonchev–Trinajstić information content (AvgIpc) is 2.89. The number of ether oxygens (including phenoxy) is 2. The molecule has 190 valence electrons. The average molecular weight is 475 g/mol. The SMILES string of the molecule is C=CC1CCC(C2CCC(COc3ccc(OCC4CCC(CC)CC4)c(F)c3F)CC2)CC1. The van der Waals surface area contributed by atoms with Gasteiger partial charge in [-0.25, -0.2) is 0 Å². The second-order valence-corrected chi connectivity index (χ2v) is 11.3. The third-order valence-corrected chi connectivity index (χ3v) is 9.21. The van der Waals surface area contributed by atoms with E-state index in [0.717, 1.165) is 43.4 Å². The van der Waals surface area contributed by atoms with Gasteiger partial charge in [-0.2, -0.15) is 8.78 Å². The standard InChI is InChI=1S/C30H44F2O2/c1-3-21-5-7-23(8-6-21)19-33-27-17-18-28(30(32)29(27)31)34-20-24-11-15-26(16-12-24)25-13-9-22(4-2)10-14-25/h4,17-18,21-26H,2-3,5-16,19-20H2,1H3. The number of benzene rings is 1. The van der Waals surface area contributed by atoms with Crippen molar-refractivity contribution in [1.29, 1.82) is 0 Å². The lowest BCUT2D eigenvalue weighted by molar-refractivity contribution is 0.127. The maximum Gasteiger partial charge on any atom is 0.204 e. The molecule has 4 heteroatoms. The summed E-state index contributed by atoms with van der Waals surface area (Å²) in [5.74, 6) is 2.27. The normalized spacial score (nSPS) is 32.2. The molecule has 0 spiro atoms. The topological polar surface area (TPSA) is 18.5 Å². The van der Waals surface area contributed by atoms with Crippen LogP contribution in [0.5, 0.6) is 11.5 Å². The number of halogens is 2. The third-order valence-electron chi connectivity index (χ3n) is 9.21. The summed E-state index contributed by atoms with van der Waals surface area (Å²) >= 11 is 0. The summed E-state index contributed by atoms with van der Waals surface area (Å²) in [6.45, 7) is 7.13.